The SMILES string of the molecule is CC(=O)O/N=C(/C)c1ccc(I)c(-c2cccc(C(=O)c3ccccc3C)c2)c1. The van der Waals surface area contributed by atoms with Gasteiger partial charge in [-0.2, -0.15) is 0 Å². The molecule has 0 bridgehead atoms. The Morgan fingerprint density at radius 3 is 2.38 bits per heavy atom. The van der Waals surface area contributed by atoms with Crippen molar-refractivity contribution in [3.05, 3.63) is 92.6 Å². The molecule has 146 valence electrons. The Labute approximate surface area is 183 Å². The lowest BCUT2D eigenvalue weighted by molar-refractivity contribution is -0.140. The van der Waals surface area contributed by atoms with Gasteiger partial charge in [0.1, 0.15) is 0 Å². The van der Waals surface area contributed by atoms with Crippen LogP contribution in [0.5, 0.6) is 0 Å². The highest BCUT2D eigenvalue weighted by Crippen LogP contribution is 2.28. The topological polar surface area (TPSA) is 55.7 Å². The fraction of sp³-hybridized carbons (Fsp3) is 0.125. The molecule has 4 nitrogen and oxygen atoms in total. The summed E-state index contributed by atoms with van der Waals surface area (Å²) in [5, 5.41) is 3.86. The average Bonchev–Trinajstić information content (AvgIpc) is 2.72. The molecule has 0 aromatic heterocycles. The summed E-state index contributed by atoms with van der Waals surface area (Å²) >= 11 is 2.27. The van der Waals surface area contributed by atoms with Crippen LogP contribution in [-0.4, -0.2) is 17.5 Å². The minimum absolute atomic E-state index is 0.00344. The molecule has 0 atom stereocenters. The number of benzene rings is 3. The third kappa shape index (κ3) is 4.98. The molecule has 0 amide bonds. The number of carbonyl (C=O) groups is 2. The van der Waals surface area contributed by atoms with Crippen molar-refractivity contribution in [2.24, 2.45) is 5.16 Å². The molecule has 0 saturated carbocycles. The molecular weight excluding hydrogens is 477 g/mol. The number of halogens is 1. The number of oxime groups is 1. The first-order valence-electron chi connectivity index (χ1n) is 9.09. The highest BCUT2D eigenvalue weighted by atomic mass is 127. The molecule has 0 fully saturated rings. The van der Waals surface area contributed by atoms with Crippen LogP contribution in [0.25, 0.3) is 11.1 Å². The Morgan fingerprint density at radius 1 is 0.897 bits per heavy atom. The summed E-state index contributed by atoms with van der Waals surface area (Å²) in [5.41, 5.74) is 5.68. The van der Waals surface area contributed by atoms with Gasteiger partial charge in [0.25, 0.3) is 0 Å². The molecular formula is C24H20INO3. The smallest absolute Gasteiger partial charge is 0.318 e. The lowest BCUT2D eigenvalue weighted by atomic mass is 9.95. The van der Waals surface area contributed by atoms with Gasteiger partial charge < -0.3 is 4.84 Å². The first-order valence-corrected chi connectivity index (χ1v) is 10.2. The molecule has 0 spiro atoms. The van der Waals surface area contributed by atoms with Gasteiger partial charge in [0.2, 0.25) is 0 Å². The van der Waals surface area contributed by atoms with Crippen LogP contribution in [0.2, 0.25) is 0 Å². The predicted octanol–water partition coefficient (Wildman–Crippen LogP) is 5.78. The van der Waals surface area contributed by atoms with E-state index in [0.717, 1.165) is 25.8 Å². The largest absolute Gasteiger partial charge is 0.331 e. The van der Waals surface area contributed by atoms with E-state index >= 15 is 0 Å². The first-order chi connectivity index (χ1) is 13.9. The van der Waals surface area contributed by atoms with Gasteiger partial charge in [-0.15, -0.1) is 0 Å². The summed E-state index contributed by atoms with van der Waals surface area (Å²) in [7, 11) is 0. The molecule has 0 radical (unpaired) electrons. The maximum Gasteiger partial charge on any atom is 0.331 e. The highest BCUT2D eigenvalue weighted by molar-refractivity contribution is 14.1. The first kappa shape index (κ1) is 20.9. The number of nitrogens with zero attached hydrogens (tertiary/aromatic N) is 1. The fourth-order valence-corrected chi connectivity index (χ4v) is 3.62. The lowest BCUT2D eigenvalue weighted by Crippen LogP contribution is -2.04. The molecule has 0 aliphatic heterocycles. The van der Waals surface area contributed by atoms with Gasteiger partial charge in [0, 0.05) is 21.6 Å². The highest BCUT2D eigenvalue weighted by Gasteiger charge is 2.13. The van der Waals surface area contributed by atoms with Crippen molar-refractivity contribution in [3.63, 3.8) is 0 Å². The number of aryl methyl sites for hydroxylation is 1. The van der Waals surface area contributed by atoms with Gasteiger partial charge in [-0.1, -0.05) is 53.7 Å². The average molecular weight is 497 g/mol. The summed E-state index contributed by atoms with van der Waals surface area (Å²) in [4.78, 5) is 28.7. The molecule has 3 aromatic carbocycles. The normalized spacial score (nSPS) is 11.2. The van der Waals surface area contributed by atoms with Crippen LogP contribution in [0.3, 0.4) is 0 Å². The number of rotatable bonds is 5. The van der Waals surface area contributed by atoms with Crippen LogP contribution >= 0.6 is 22.6 Å². The minimum Gasteiger partial charge on any atom is -0.318 e. The number of ketones is 1. The van der Waals surface area contributed by atoms with Crippen molar-refractivity contribution >= 4 is 40.1 Å². The van der Waals surface area contributed by atoms with Gasteiger partial charge in [-0.05, 0) is 76.9 Å². The Morgan fingerprint density at radius 2 is 1.66 bits per heavy atom. The second-order valence-corrected chi connectivity index (χ2v) is 7.84. The second kappa shape index (κ2) is 9.13. The summed E-state index contributed by atoms with van der Waals surface area (Å²) in [6.45, 7) is 5.04. The molecule has 3 aromatic rings. The molecule has 0 N–H and O–H groups in total. The van der Waals surface area contributed by atoms with Gasteiger partial charge in [0.15, 0.2) is 5.78 Å². The molecule has 3 rings (SSSR count). The third-order valence-electron chi connectivity index (χ3n) is 4.52. The van der Waals surface area contributed by atoms with Crippen LogP contribution < -0.4 is 0 Å². The van der Waals surface area contributed by atoms with E-state index in [4.69, 9.17) is 4.84 Å². The van der Waals surface area contributed by atoms with E-state index < -0.39 is 5.97 Å². The van der Waals surface area contributed by atoms with E-state index in [2.05, 4.69) is 27.7 Å². The van der Waals surface area contributed by atoms with Crippen molar-refractivity contribution in [2.45, 2.75) is 20.8 Å². The van der Waals surface area contributed by atoms with Gasteiger partial charge in [0.05, 0.1) is 5.71 Å². The van der Waals surface area contributed by atoms with E-state index in [1.165, 1.54) is 6.92 Å². The van der Waals surface area contributed by atoms with Crippen molar-refractivity contribution < 1.29 is 14.4 Å². The van der Waals surface area contributed by atoms with Crippen LogP contribution in [0.15, 0.2) is 71.9 Å². The Balaban J connectivity index is 2.00. The zero-order valence-corrected chi connectivity index (χ0v) is 18.6. The number of carbonyl (C=O) groups excluding carboxylic acids is 2. The van der Waals surface area contributed by atoms with E-state index in [0.29, 0.717) is 16.8 Å². The molecule has 0 aliphatic rings. The second-order valence-electron chi connectivity index (χ2n) is 6.68. The zero-order chi connectivity index (χ0) is 21.0. The van der Waals surface area contributed by atoms with E-state index in [1.54, 1.807) is 6.92 Å². The Kier molecular flexibility index (Phi) is 6.59. The van der Waals surface area contributed by atoms with Crippen LogP contribution in [-0.2, 0) is 9.63 Å². The Bertz CT molecular complexity index is 1120. The lowest BCUT2D eigenvalue weighted by Gasteiger charge is -2.10. The summed E-state index contributed by atoms with van der Waals surface area (Å²) < 4.78 is 1.05. The molecule has 29 heavy (non-hydrogen) atoms. The molecule has 0 aliphatic carbocycles. The monoisotopic (exact) mass is 497 g/mol. The van der Waals surface area contributed by atoms with Crippen molar-refractivity contribution in [1.82, 2.24) is 0 Å². The van der Waals surface area contributed by atoms with Crippen LogP contribution in [0, 0.1) is 10.5 Å². The van der Waals surface area contributed by atoms with E-state index in [-0.39, 0.29) is 5.78 Å². The quantitative estimate of drug-likeness (QED) is 0.148. The van der Waals surface area contributed by atoms with Crippen molar-refractivity contribution in [2.75, 3.05) is 0 Å². The fourth-order valence-electron chi connectivity index (χ4n) is 2.97. The summed E-state index contributed by atoms with van der Waals surface area (Å²) in [6, 6.07) is 21.1. The van der Waals surface area contributed by atoms with Crippen LogP contribution in [0.4, 0.5) is 0 Å². The maximum absolute atomic E-state index is 13.0. The maximum atomic E-state index is 13.0. The van der Waals surface area contributed by atoms with Crippen molar-refractivity contribution in [3.8, 4) is 11.1 Å². The number of hydrogen-bond donors (Lipinski definition) is 0. The van der Waals surface area contributed by atoms with Gasteiger partial charge in [-0.3, -0.25) is 4.79 Å². The van der Waals surface area contributed by atoms with E-state index in [1.807, 2.05) is 73.7 Å². The summed E-state index contributed by atoms with van der Waals surface area (Å²) in [5.74, 6) is -0.457. The predicted molar refractivity (Wildman–Crippen MR) is 123 cm³/mol. The molecule has 0 heterocycles. The third-order valence-corrected chi connectivity index (χ3v) is 5.46. The van der Waals surface area contributed by atoms with Gasteiger partial charge in [-0.25, -0.2) is 4.79 Å². The Hall–Kier alpha value is -2.80. The van der Waals surface area contributed by atoms with Crippen LogP contribution in [0.1, 0.15) is 40.9 Å². The summed E-state index contributed by atoms with van der Waals surface area (Å²) in [6.07, 6.45) is 0. The molecule has 0 saturated heterocycles. The minimum atomic E-state index is -0.461. The molecule has 0 unspecified atom stereocenters. The van der Waals surface area contributed by atoms with E-state index in [9.17, 15) is 9.59 Å². The standard InChI is InChI=1S/C24H20INO3/c1-15-7-4-5-10-21(15)24(28)20-9-6-8-19(13-20)22-14-18(11-12-23(22)25)16(2)26-29-17(3)27/h4-14H,1-3H3/b26-16-. The number of hydrogen-bond acceptors (Lipinski definition) is 4. The molecule has 5 heteroatoms. The van der Waals surface area contributed by atoms with Gasteiger partial charge >= 0.3 is 5.97 Å². The zero-order valence-electron chi connectivity index (χ0n) is 16.4. The van der Waals surface area contributed by atoms with Crippen molar-refractivity contribution in [1.29, 1.82) is 0 Å².